The summed E-state index contributed by atoms with van der Waals surface area (Å²) in [7, 11) is 1.78. The van der Waals surface area contributed by atoms with Crippen LogP contribution in [-0.2, 0) is 13.0 Å². The second kappa shape index (κ2) is 8.53. The van der Waals surface area contributed by atoms with Crippen molar-refractivity contribution in [3.8, 4) is 5.75 Å². The summed E-state index contributed by atoms with van der Waals surface area (Å²) in [6, 6.07) is 7.36. The number of phenols is 1. The van der Waals surface area contributed by atoms with Crippen LogP contribution in [0.2, 0.25) is 0 Å². The van der Waals surface area contributed by atoms with Gasteiger partial charge < -0.3 is 15.7 Å². The normalized spacial score (nSPS) is 11.5. The maximum Gasteiger partial charge on any atom is 0.191 e. The number of aromatic hydroxyl groups is 1. The molecule has 124 valence electrons. The summed E-state index contributed by atoms with van der Waals surface area (Å²) in [5.74, 6) is 1.12. The minimum absolute atomic E-state index is 0.310. The van der Waals surface area contributed by atoms with Crippen molar-refractivity contribution in [2.75, 3.05) is 13.6 Å². The summed E-state index contributed by atoms with van der Waals surface area (Å²) < 4.78 is 0. The molecule has 0 unspecified atom stereocenters. The summed E-state index contributed by atoms with van der Waals surface area (Å²) in [5.41, 5.74) is 2.31. The summed E-state index contributed by atoms with van der Waals surface area (Å²) in [6.07, 6.45) is 1.97. The number of thiazole rings is 1. The molecule has 0 bridgehead atoms. The highest BCUT2D eigenvalue weighted by Crippen LogP contribution is 2.16. The monoisotopic (exact) mass is 332 g/mol. The number of nitrogens with one attached hydrogen (secondary N) is 2. The molecule has 0 spiro atoms. The second-order valence-corrected chi connectivity index (χ2v) is 6.65. The predicted molar refractivity (Wildman–Crippen MR) is 96.2 cm³/mol. The van der Waals surface area contributed by atoms with Gasteiger partial charge in [-0.2, -0.15) is 0 Å². The summed E-state index contributed by atoms with van der Waals surface area (Å²) in [4.78, 5) is 9.92. The zero-order chi connectivity index (χ0) is 16.7. The van der Waals surface area contributed by atoms with Crippen LogP contribution in [0, 0.1) is 13.8 Å². The molecule has 3 N–H and O–H groups in total. The molecule has 23 heavy (non-hydrogen) atoms. The van der Waals surface area contributed by atoms with Gasteiger partial charge in [0.2, 0.25) is 0 Å². The quantitative estimate of drug-likeness (QED) is 0.432. The minimum atomic E-state index is 0.310. The van der Waals surface area contributed by atoms with E-state index in [-0.39, 0.29) is 0 Å². The average molecular weight is 332 g/mol. The topological polar surface area (TPSA) is 69.5 Å². The molecule has 6 heteroatoms. The molecule has 1 aromatic heterocycles. The number of benzene rings is 1. The van der Waals surface area contributed by atoms with Gasteiger partial charge in [0.25, 0.3) is 0 Å². The lowest BCUT2D eigenvalue weighted by Crippen LogP contribution is -2.37. The maximum atomic E-state index is 9.27. The first-order valence-electron chi connectivity index (χ1n) is 7.74. The van der Waals surface area contributed by atoms with Crippen LogP contribution in [0.3, 0.4) is 0 Å². The fourth-order valence-corrected chi connectivity index (χ4v) is 3.16. The van der Waals surface area contributed by atoms with Crippen molar-refractivity contribution in [1.29, 1.82) is 0 Å². The zero-order valence-electron chi connectivity index (χ0n) is 13.9. The van der Waals surface area contributed by atoms with Gasteiger partial charge in [-0.15, -0.1) is 11.3 Å². The van der Waals surface area contributed by atoms with Crippen LogP contribution < -0.4 is 10.6 Å². The number of aliphatic imine (C=N–C) groups is 1. The Hall–Kier alpha value is -2.08. The van der Waals surface area contributed by atoms with E-state index in [1.807, 2.05) is 26.0 Å². The highest BCUT2D eigenvalue weighted by molar-refractivity contribution is 7.11. The van der Waals surface area contributed by atoms with Gasteiger partial charge in [-0.1, -0.05) is 12.1 Å². The maximum absolute atomic E-state index is 9.27. The lowest BCUT2D eigenvalue weighted by atomic mass is 10.1. The number of aryl methyl sites for hydroxylation is 3. The molecule has 2 rings (SSSR count). The van der Waals surface area contributed by atoms with Gasteiger partial charge in [0, 0.05) is 18.5 Å². The Morgan fingerprint density at radius 1 is 1.22 bits per heavy atom. The van der Waals surface area contributed by atoms with Gasteiger partial charge in [0.15, 0.2) is 5.96 Å². The molecule has 0 aliphatic heterocycles. The van der Waals surface area contributed by atoms with Crippen LogP contribution in [0.15, 0.2) is 29.3 Å². The van der Waals surface area contributed by atoms with Gasteiger partial charge >= 0.3 is 0 Å². The van der Waals surface area contributed by atoms with E-state index in [0.717, 1.165) is 42.6 Å². The van der Waals surface area contributed by atoms with E-state index in [1.54, 1.807) is 30.5 Å². The predicted octanol–water partition coefficient (Wildman–Crippen LogP) is 2.76. The van der Waals surface area contributed by atoms with Crippen molar-refractivity contribution in [3.05, 3.63) is 45.4 Å². The Kier molecular flexibility index (Phi) is 6.40. The Balaban J connectivity index is 1.70. The smallest absolute Gasteiger partial charge is 0.191 e. The standard InChI is InChI=1S/C17H24N4OS/c1-12-16(23-13(2)21-12)11-20-17(18-3)19-10-4-5-14-6-8-15(22)9-7-14/h6-9,22H,4-5,10-11H2,1-3H3,(H2,18,19,20). The molecule has 0 amide bonds. The Morgan fingerprint density at radius 3 is 2.57 bits per heavy atom. The van der Waals surface area contributed by atoms with E-state index in [0.29, 0.717) is 5.75 Å². The number of guanidine groups is 1. The zero-order valence-corrected chi connectivity index (χ0v) is 14.7. The number of hydrogen-bond donors (Lipinski definition) is 3. The number of rotatable bonds is 6. The molecule has 5 nitrogen and oxygen atoms in total. The fourth-order valence-electron chi connectivity index (χ4n) is 2.28. The third-order valence-electron chi connectivity index (χ3n) is 3.51. The number of phenolic OH excluding ortho intramolecular Hbond substituents is 1. The van der Waals surface area contributed by atoms with Crippen molar-refractivity contribution >= 4 is 17.3 Å². The first kappa shape index (κ1) is 17.3. The van der Waals surface area contributed by atoms with Crippen molar-refractivity contribution < 1.29 is 5.11 Å². The highest BCUT2D eigenvalue weighted by Gasteiger charge is 2.05. The molecule has 0 atom stereocenters. The molecule has 1 aromatic carbocycles. The lowest BCUT2D eigenvalue weighted by molar-refractivity contribution is 0.475. The summed E-state index contributed by atoms with van der Waals surface area (Å²) >= 11 is 1.72. The molecule has 1 heterocycles. The van der Waals surface area contributed by atoms with Gasteiger partial charge in [-0.25, -0.2) is 4.98 Å². The molecular formula is C17H24N4OS. The van der Waals surface area contributed by atoms with Crippen molar-refractivity contribution in [3.63, 3.8) is 0 Å². The third kappa shape index (κ3) is 5.56. The lowest BCUT2D eigenvalue weighted by Gasteiger charge is -2.11. The van der Waals surface area contributed by atoms with E-state index in [9.17, 15) is 5.11 Å². The molecule has 0 aliphatic rings. The fraction of sp³-hybridized carbons (Fsp3) is 0.412. The van der Waals surface area contributed by atoms with E-state index in [1.165, 1.54) is 10.4 Å². The number of hydrogen-bond acceptors (Lipinski definition) is 4. The van der Waals surface area contributed by atoms with Crippen LogP contribution in [0.25, 0.3) is 0 Å². The van der Waals surface area contributed by atoms with Crippen molar-refractivity contribution in [1.82, 2.24) is 15.6 Å². The van der Waals surface area contributed by atoms with Gasteiger partial charge in [0.05, 0.1) is 17.2 Å². The first-order valence-corrected chi connectivity index (χ1v) is 8.55. The SMILES string of the molecule is CN=C(NCCCc1ccc(O)cc1)NCc1sc(C)nc1C. The van der Waals surface area contributed by atoms with E-state index >= 15 is 0 Å². The summed E-state index contributed by atoms with van der Waals surface area (Å²) in [6.45, 7) is 5.65. The molecule has 0 saturated heterocycles. The number of aromatic nitrogens is 1. The molecule has 0 fully saturated rings. The molecule has 0 saturated carbocycles. The van der Waals surface area contributed by atoms with Crippen LogP contribution in [0.1, 0.15) is 27.6 Å². The molecular weight excluding hydrogens is 308 g/mol. The van der Waals surface area contributed by atoms with Gasteiger partial charge in [-0.05, 0) is 44.4 Å². The van der Waals surface area contributed by atoms with E-state index in [2.05, 4.69) is 20.6 Å². The Bertz CT molecular complexity index is 649. The highest BCUT2D eigenvalue weighted by atomic mass is 32.1. The van der Waals surface area contributed by atoms with Crippen LogP contribution in [0.5, 0.6) is 5.75 Å². The van der Waals surface area contributed by atoms with Crippen LogP contribution in [-0.4, -0.2) is 29.6 Å². The third-order valence-corrected chi connectivity index (χ3v) is 4.58. The van der Waals surface area contributed by atoms with Crippen LogP contribution in [0.4, 0.5) is 0 Å². The number of nitrogens with zero attached hydrogens (tertiary/aromatic N) is 2. The minimum Gasteiger partial charge on any atom is -0.508 e. The Morgan fingerprint density at radius 2 is 1.96 bits per heavy atom. The second-order valence-electron chi connectivity index (χ2n) is 5.36. The largest absolute Gasteiger partial charge is 0.508 e. The average Bonchev–Trinajstić information content (AvgIpc) is 2.86. The van der Waals surface area contributed by atoms with E-state index < -0.39 is 0 Å². The van der Waals surface area contributed by atoms with Gasteiger partial charge in [-0.3, -0.25) is 4.99 Å². The summed E-state index contributed by atoms with van der Waals surface area (Å²) in [5, 5.41) is 17.0. The van der Waals surface area contributed by atoms with E-state index in [4.69, 9.17) is 0 Å². The first-order chi connectivity index (χ1) is 11.1. The molecule has 2 aromatic rings. The molecule has 0 radical (unpaired) electrons. The van der Waals surface area contributed by atoms with Crippen molar-refractivity contribution in [2.45, 2.75) is 33.2 Å². The Labute approximate surface area is 141 Å². The van der Waals surface area contributed by atoms with Gasteiger partial charge in [0.1, 0.15) is 5.75 Å². The molecule has 0 aliphatic carbocycles. The van der Waals surface area contributed by atoms with Crippen molar-refractivity contribution in [2.24, 2.45) is 4.99 Å². The van der Waals surface area contributed by atoms with Crippen LogP contribution >= 0.6 is 11.3 Å².